The minimum absolute atomic E-state index is 0.328. The van der Waals surface area contributed by atoms with Gasteiger partial charge < -0.3 is 10.2 Å². The lowest BCUT2D eigenvalue weighted by atomic mass is 9.46. The molecule has 0 aliphatic heterocycles. The molecular formula is C29H50O2. The van der Waals surface area contributed by atoms with Crippen LogP contribution < -0.4 is 0 Å². The summed E-state index contributed by atoms with van der Waals surface area (Å²) in [5.41, 5.74) is 1.41. The Balaban J connectivity index is 1.48. The van der Waals surface area contributed by atoms with E-state index in [1.54, 1.807) is 5.57 Å². The zero-order valence-electron chi connectivity index (χ0n) is 21.3. The topological polar surface area (TPSA) is 40.5 Å². The van der Waals surface area contributed by atoms with Crippen molar-refractivity contribution in [2.24, 2.45) is 40.4 Å². The highest BCUT2D eigenvalue weighted by molar-refractivity contribution is 5.26. The third-order valence-electron chi connectivity index (χ3n) is 11.1. The lowest BCUT2D eigenvalue weighted by Crippen LogP contribution is -2.52. The first-order chi connectivity index (χ1) is 14.4. The Morgan fingerprint density at radius 3 is 2.52 bits per heavy atom. The van der Waals surface area contributed by atoms with E-state index in [9.17, 15) is 10.2 Å². The van der Waals surface area contributed by atoms with Gasteiger partial charge >= 0.3 is 0 Å². The summed E-state index contributed by atoms with van der Waals surface area (Å²) in [5, 5.41) is 21.4. The van der Waals surface area contributed by atoms with E-state index in [2.05, 4.69) is 33.8 Å². The van der Waals surface area contributed by atoms with Crippen LogP contribution >= 0.6 is 0 Å². The van der Waals surface area contributed by atoms with Gasteiger partial charge in [0.25, 0.3) is 0 Å². The summed E-state index contributed by atoms with van der Waals surface area (Å²) in [7, 11) is 0. The largest absolute Gasteiger partial charge is 0.390 e. The van der Waals surface area contributed by atoms with Gasteiger partial charge in [-0.3, -0.25) is 0 Å². The summed E-state index contributed by atoms with van der Waals surface area (Å²) in [4.78, 5) is 0. The molecule has 0 aromatic rings. The van der Waals surface area contributed by atoms with Gasteiger partial charge in [0.05, 0.1) is 11.2 Å². The van der Waals surface area contributed by atoms with Crippen LogP contribution in [0.3, 0.4) is 0 Å². The molecule has 0 radical (unpaired) electrons. The molecule has 2 N–H and O–H groups in total. The van der Waals surface area contributed by atoms with Gasteiger partial charge in [-0.25, -0.2) is 0 Å². The van der Waals surface area contributed by atoms with Gasteiger partial charge in [-0.15, -0.1) is 0 Å². The average molecular weight is 431 g/mol. The summed E-state index contributed by atoms with van der Waals surface area (Å²) in [6.07, 6.45) is 16.5. The molecule has 0 spiro atoms. The monoisotopic (exact) mass is 430 g/mol. The lowest BCUT2D eigenvalue weighted by molar-refractivity contribution is -0.0715. The van der Waals surface area contributed by atoms with Gasteiger partial charge in [0.1, 0.15) is 0 Å². The van der Waals surface area contributed by atoms with Gasteiger partial charge in [0.2, 0.25) is 0 Å². The Kier molecular flexibility index (Phi) is 6.26. The predicted molar refractivity (Wildman–Crippen MR) is 130 cm³/mol. The third-order valence-corrected chi connectivity index (χ3v) is 11.1. The molecule has 0 aromatic carbocycles. The zero-order chi connectivity index (χ0) is 22.7. The van der Waals surface area contributed by atoms with Crippen LogP contribution in [0.1, 0.15) is 119 Å². The number of aliphatic hydroxyl groups is 2. The zero-order valence-corrected chi connectivity index (χ0v) is 21.3. The summed E-state index contributed by atoms with van der Waals surface area (Å²) in [6.45, 7) is 13.9. The minimum atomic E-state index is -0.492. The molecule has 3 fully saturated rings. The quantitative estimate of drug-likeness (QED) is 0.434. The molecule has 31 heavy (non-hydrogen) atoms. The Morgan fingerprint density at radius 2 is 1.81 bits per heavy atom. The molecule has 2 nitrogen and oxygen atoms in total. The lowest BCUT2D eigenvalue weighted by Gasteiger charge is -2.59. The molecule has 4 aliphatic carbocycles. The number of fused-ring (bicyclic) bond motifs is 5. The van der Waals surface area contributed by atoms with Crippen LogP contribution in [-0.2, 0) is 0 Å². The highest BCUT2D eigenvalue weighted by Gasteiger charge is 2.59. The smallest absolute Gasteiger partial charge is 0.0657 e. The second kappa shape index (κ2) is 8.15. The number of hydrogen-bond donors (Lipinski definition) is 2. The van der Waals surface area contributed by atoms with E-state index in [-0.39, 0.29) is 0 Å². The van der Waals surface area contributed by atoms with E-state index in [1.807, 2.05) is 13.8 Å². The van der Waals surface area contributed by atoms with Crippen molar-refractivity contribution < 1.29 is 10.2 Å². The van der Waals surface area contributed by atoms with Crippen molar-refractivity contribution in [3.63, 3.8) is 0 Å². The van der Waals surface area contributed by atoms with Gasteiger partial charge in [-0.1, -0.05) is 45.8 Å². The Bertz CT molecular complexity index is 691. The van der Waals surface area contributed by atoms with Crippen molar-refractivity contribution in [1.82, 2.24) is 0 Å². The first-order valence-electron chi connectivity index (χ1n) is 13.6. The highest BCUT2D eigenvalue weighted by Crippen LogP contribution is 2.67. The average Bonchev–Trinajstić information content (AvgIpc) is 3.04. The highest BCUT2D eigenvalue weighted by atomic mass is 16.3. The SMILES string of the molecule is CCC[C@](C)(O)CC[C@@H](C)[C@H]1CC[C@H]2[C@@H]3CC=C4C[C@@](C)(O)CC[C@]4(C)[C@H]3CC[C@]12C. The second-order valence-electron chi connectivity index (χ2n) is 13.4. The number of allylic oxidation sites excluding steroid dienone is 1. The van der Waals surface area contributed by atoms with E-state index in [4.69, 9.17) is 0 Å². The molecule has 3 saturated carbocycles. The van der Waals surface area contributed by atoms with Crippen LogP contribution in [-0.4, -0.2) is 21.4 Å². The van der Waals surface area contributed by atoms with E-state index in [1.165, 1.54) is 44.9 Å². The van der Waals surface area contributed by atoms with Crippen LogP contribution in [0, 0.1) is 40.4 Å². The van der Waals surface area contributed by atoms with Gasteiger partial charge in [0, 0.05) is 0 Å². The van der Waals surface area contributed by atoms with Crippen LogP contribution in [0.2, 0.25) is 0 Å². The maximum atomic E-state index is 10.7. The predicted octanol–water partition coefficient (Wildman–Crippen LogP) is 7.28. The summed E-state index contributed by atoms with van der Waals surface area (Å²) in [5.74, 6) is 4.06. The molecule has 2 heteroatoms. The summed E-state index contributed by atoms with van der Waals surface area (Å²) < 4.78 is 0. The van der Waals surface area contributed by atoms with Crippen LogP contribution in [0.4, 0.5) is 0 Å². The van der Waals surface area contributed by atoms with Crippen LogP contribution in [0.15, 0.2) is 11.6 Å². The summed E-state index contributed by atoms with van der Waals surface area (Å²) in [6, 6.07) is 0. The molecule has 0 aromatic heterocycles. The normalized spacial score (nSPS) is 47.5. The molecule has 4 rings (SSSR count). The molecule has 0 heterocycles. The van der Waals surface area contributed by atoms with E-state index in [0.29, 0.717) is 16.7 Å². The number of rotatable bonds is 6. The standard InChI is InChI=1S/C29H50O2/c1-7-14-26(3,30)15-12-20(2)23-10-11-24-22-9-8-21-19-27(4,31)17-18-28(21,5)25(22)13-16-29(23,24)6/h8,20,22-25,30-31H,7,9-19H2,1-6H3/t20-,22+,23-,24+,25+,26+,27+,28+,29-/m1/s1. The van der Waals surface area contributed by atoms with Crippen molar-refractivity contribution in [2.75, 3.05) is 0 Å². The Hall–Kier alpha value is -0.340. The summed E-state index contributed by atoms with van der Waals surface area (Å²) >= 11 is 0. The molecule has 0 saturated heterocycles. The fourth-order valence-corrected chi connectivity index (χ4v) is 9.18. The molecule has 0 unspecified atom stereocenters. The fourth-order valence-electron chi connectivity index (χ4n) is 9.18. The second-order valence-corrected chi connectivity index (χ2v) is 13.4. The Morgan fingerprint density at radius 1 is 1.06 bits per heavy atom. The van der Waals surface area contributed by atoms with Crippen molar-refractivity contribution in [1.29, 1.82) is 0 Å². The van der Waals surface area contributed by atoms with Crippen LogP contribution in [0.25, 0.3) is 0 Å². The van der Waals surface area contributed by atoms with Gasteiger partial charge in [-0.2, -0.15) is 0 Å². The molecule has 9 atom stereocenters. The molecule has 4 aliphatic rings. The fraction of sp³-hybridized carbons (Fsp3) is 0.931. The maximum Gasteiger partial charge on any atom is 0.0657 e. The molecule has 0 amide bonds. The van der Waals surface area contributed by atoms with Crippen molar-refractivity contribution in [3.8, 4) is 0 Å². The first kappa shape index (κ1) is 23.8. The minimum Gasteiger partial charge on any atom is -0.390 e. The van der Waals surface area contributed by atoms with E-state index >= 15 is 0 Å². The third kappa shape index (κ3) is 4.18. The van der Waals surface area contributed by atoms with Crippen molar-refractivity contribution >= 4 is 0 Å². The van der Waals surface area contributed by atoms with Gasteiger partial charge in [0.15, 0.2) is 0 Å². The first-order valence-corrected chi connectivity index (χ1v) is 13.6. The van der Waals surface area contributed by atoms with Crippen molar-refractivity contribution in [2.45, 2.75) is 130 Å². The van der Waals surface area contributed by atoms with Crippen molar-refractivity contribution in [3.05, 3.63) is 11.6 Å². The van der Waals surface area contributed by atoms with Gasteiger partial charge in [-0.05, 0) is 125 Å². The maximum absolute atomic E-state index is 10.7. The molecule has 178 valence electrons. The molecular weight excluding hydrogens is 380 g/mol. The van der Waals surface area contributed by atoms with Crippen LogP contribution in [0.5, 0.6) is 0 Å². The molecule has 0 bridgehead atoms. The number of hydrogen-bond acceptors (Lipinski definition) is 2. The Labute approximate surface area is 192 Å². The van der Waals surface area contributed by atoms with E-state index < -0.39 is 11.2 Å². The van der Waals surface area contributed by atoms with E-state index in [0.717, 1.165) is 55.8 Å².